The van der Waals surface area contributed by atoms with Gasteiger partial charge in [-0.15, -0.1) is 0 Å². The van der Waals surface area contributed by atoms with Crippen molar-refractivity contribution in [2.24, 2.45) is 0 Å². The van der Waals surface area contributed by atoms with Crippen molar-refractivity contribution >= 4 is 22.8 Å². The Balaban J connectivity index is 1.34. The molecular weight excluding hydrogens is 346 g/mol. The molecule has 5 rings (SSSR count). The Bertz CT molecular complexity index is 1060. The summed E-state index contributed by atoms with van der Waals surface area (Å²) in [6, 6.07) is 12.4. The molecular formula is C20H17N3O4. The highest BCUT2D eigenvalue weighted by molar-refractivity contribution is 6.04. The third-order valence-electron chi connectivity index (χ3n) is 4.98. The van der Waals surface area contributed by atoms with Crippen LogP contribution in [-0.4, -0.2) is 34.7 Å². The number of hydrogen-bond donors (Lipinski definition) is 2. The van der Waals surface area contributed by atoms with E-state index >= 15 is 0 Å². The summed E-state index contributed by atoms with van der Waals surface area (Å²) in [7, 11) is 0. The third-order valence-corrected chi connectivity index (χ3v) is 4.98. The van der Waals surface area contributed by atoms with Gasteiger partial charge in [0.1, 0.15) is 6.04 Å². The third kappa shape index (κ3) is 2.68. The second-order valence-corrected chi connectivity index (χ2v) is 6.68. The molecule has 0 aliphatic carbocycles. The van der Waals surface area contributed by atoms with E-state index in [1.807, 2.05) is 36.5 Å². The number of H-pyrrole nitrogens is 1. The first-order chi connectivity index (χ1) is 13.2. The molecule has 2 N–H and O–H groups in total. The summed E-state index contributed by atoms with van der Waals surface area (Å²) in [4.78, 5) is 29.6. The van der Waals surface area contributed by atoms with Gasteiger partial charge < -0.3 is 19.8 Å². The topological polar surface area (TPSA) is 83.7 Å². The average Bonchev–Trinajstić information content (AvgIpc) is 3.37. The maximum atomic E-state index is 12.8. The fraction of sp³-hybridized carbons (Fsp3) is 0.200. The normalized spacial score (nSPS) is 18.4. The molecule has 2 aromatic carbocycles. The molecule has 2 aliphatic rings. The number of para-hydroxylation sites is 1. The number of imide groups is 1. The van der Waals surface area contributed by atoms with Crippen molar-refractivity contribution in [3.63, 3.8) is 0 Å². The molecule has 0 spiro atoms. The monoisotopic (exact) mass is 363 g/mol. The minimum absolute atomic E-state index is 0.189. The van der Waals surface area contributed by atoms with Crippen LogP contribution in [0.5, 0.6) is 11.5 Å². The predicted molar refractivity (Wildman–Crippen MR) is 97.4 cm³/mol. The van der Waals surface area contributed by atoms with Crippen LogP contribution < -0.4 is 14.8 Å². The van der Waals surface area contributed by atoms with Crippen molar-refractivity contribution in [1.29, 1.82) is 0 Å². The number of aromatic nitrogens is 1. The molecule has 136 valence electrons. The van der Waals surface area contributed by atoms with Crippen molar-refractivity contribution in [2.75, 3.05) is 6.79 Å². The first-order valence-corrected chi connectivity index (χ1v) is 8.74. The number of urea groups is 1. The molecule has 1 fully saturated rings. The van der Waals surface area contributed by atoms with Gasteiger partial charge >= 0.3 is 6.03 Å². The van der Waals surface area contributed by atoms with E-state index in [0.717, 1.165) is 22.0 Å². The van der Waals surface area contributed by atoms with Gasteiger partial charge in [0.25, 0.3) is 5.91 Å². The van der Waals surface area contributed by atoms with E-state index in [1.54, 1.807) is 12.1 Å². The Morgan fingerprint density at radius 2 is 1.93 bits per heavy atom. The second-order valence-electron chi connectivity index (χ2n) is 6.68. The molecule has 1 saturated heterocycles. The maximum Gasteiger partial charge on any atom is 0.325 e. The zero-order valence-electron chi connectivity index (χ0n) is 14.4. The van der Waals surface area contributed by atoms with Crippen molar-refractivity contribution in [2.45, 2.75) is 19.0 Å². The molecule has 0 bridgehead atoms. The van der Waals surface area contributed by atoms with Crippen LogP contribution in [0.15, 0.2) is 48.7 Å². The van der Waals surface area contributed by atoms with E-state index in [4.69, 9.17) is 9.47 Å². The summed E-state index contributed by atoms with van der Waals surface area (Å²) in [6.45, 7) is 0.389. The standard InChI is InChI=1S/C20H17N3O4/c24-19-16(8-13-9-21-15-4-2-1-3-14(13)15)22-20(25)23(19)10-12-5-6-17-18(7-12)27-11-26-17/h1-7,9,16,21H,8,10-11H2,(H,22,25)/t16-/m1/s1. The number of carbonyl (C=O) groups excluding carboxylic acids is 2. The number of fused-ring (bicyclic) bond motifs is 2. The quantitative estimate of drug-likeness (QED) is 0.698. The summed E-state index contributed by atoms with van der Waals surface area (Å²) >= 11 is 0. The van der Waals surface area contributed by atoms with E-state index < -0.39 is 6.04 Å². The molecule has 2 aliphatic heterocycles. The van der Waals surface area contributed by atoms with Crippen molar-refractivity contribution in [1.82, 2.24) is 15.2 Å². The number of nitrogens with one attached hydrogen (secondary N) is 2. The van der Waals surface area contributed by atoms with Gasteiger partial charge in [0.15, 0.2) is 11.5 Å². The van der Waals surface area contributed by atoms with Crippen LogP contribution in [0.4, 0.5) is 4.79 Å². The van der Waals surface area contributed by atoms with Gasteiger partial charge in [0, 0.05) is 23.5 Å². The van der Waals surface area contributed by atoms with E-state index in [2.05, 4.69) is 10.3 Å². The highest BCUT2D eigenvalue weighted by Crippen LogP contribution is 2.33. The molecule has 0 radical (unpaired) electrons. The summed E-state index contributed by atoms with van der Waals surface area (Å²) < 4.78 is 10.7. The van der Waals surface area contributed by atoms with Crippen LogP contribution in [-0.2, 0) is 17.8 Å². The van der Waals surface area contributed by atoms with Crippen LogP contribution in [0.3, 0.4) is 0 Å². The molecule has 1 aromatic heterocycles. The lowest BCUT2D eigenvalue weighted by Gasteiger charge is -2.13. The highest BCUT2D eigenvalue weighted by Gasteiger charge is 2.38. The molecule has 3 amide bonds. The van der Waals surface area contributed by atoms with Gasteiger partial charge in [0.2, 0.25) is 6.79 Å². The second kappa shape index (κ2) is 6.05. The number of aromatic amines is 1. The molecule has 0 saturated carbocycles. The Hall–Kier alpha value is -3.48. The fourth-order valence-corrected chi connectivity index (χ4v) is 3.61. The molecule has 0 unspecified atom stereocenters. The van der Waals surface area contributed by atoms with E-state index in [-0.39, 0.29) is 25.3 Å². The minimum atomic E-state index is -0.564. The van der Waals surface area contributed by atoms with Gasteiger partial charge in [-0.25, -0.2) is 4.79 Å². The van der Waals surface area contributed by atoms with E-state index in [0.29, 0.717) is 17.9 Å². The van der Waals surface area contributed by atoms with Crippen LogP contribution in [0, 0.1) is 0 Å². The Morgan fingerprint density at radius 1 is 1.07 bits per heavy atom. The summed E-state index contributed by atoms with van der Waals surface area (Å²) in [5.41, 5.74) is 2.84. The number of rotatable bonds is 4. The van der Waals surface area contributed by atoms with E-state index in [9.17, 15) is 9.59 Å². The minimum Gasteiger partial charge on any atom is -0.454 e. The van der Waals surface area contributed by atoms with Gasteiger partial charge in [0.05, 0.1) is 6.54 Å². The number of amides is 3. The Kier molecular flexibility index (Phi) is 3.53. The van der Waals surface area contributed by atoms with Gasteiger partial charge in [-0.05, 0) is 29.3 Å². The summed E-state index contributed by atoms with van der Waals surface area (Å²) in [5, 5.41) is 3.86. The molecule has 3 aromatic rings. The average molecular weight is 363 g/mol. The van der Waals surface area contributed by atoms with E-state index in [1.165, 1.54) is 4.90 Å². The predicted octanol–water partition coefficient (Wildman–Crippen LogP) is 2.56. The van der Waals surface area contributed by atoms with Crippen molar-refractivity contribution < 1.29 is 19.1 Å². The fourth-order valence-electron chi connectivity index (χ4n) is 3.61. The Labute approximate surface area is 154 Å². The van der Waals surface area contributed by atoms with Gasteiger partial charge in [-0.1, -0.05) is 24.3 Å². The maximum absolute atomic E-state index is 12.8. The lowest BCUT2D eigenvalue weighted by Crippen LogP contribution is -2.32. The van der Waals surface area contributed by atoms with Crippen molar-refractivity contribution in [3.8, 4) is 11.5 Å². The zero-order chi connectivity index (χ0) is 18.4. The lowest BCUT2D eigenvalue weighted by atomic mass is 10.0. The Morgan fingerprint density at radius 3 is 2.85 bits per heavy atom. The van der Waals surface area contributed by atoms with Gasteiger partial charge in [-0.3, -0.25) is 9.69 Å². The summed E-state index contributed by atoms with van der Waals surface area (Å²) in [6.07, 6.45) is 2.34. The number of hydrogen-bond acceptors (Lipinski definition) is 4. The van der Waals surface area contributed by atoms with Crippen LogP contribution in [0.1, 0.15) is 11.1 Å². The van der Waals surface area contributed by atoms with Crippen LogP contribution in [0.2, 0.25) is 0 Å². The molecule has 3 heterocycles. The largest absolute Gasteiger partial charge is 0.454 e. The smallest absolute Gasteiger partial charge is 0.325 e. The summed E-state index contributed by atoms with van der Waals surface area (Å²) in [5.74, 6) is 1.09. The number of nitrogens with zero attached hydrogens (tertiary/aromatic N) is 1. The first-order valence-electron chi connectivity index (χ1n) is 8.74. The van der Waals surface area contributed by atoms with Gasteiger partial charge in [-0.2, -0.15) is 0 Å². The zero-order valence-corrected chi connectivity index (χ0v) is 14.4. The van der Waals surface area contributed by atoms with Crippen LogP contribution >= 0.6 is 0 Å². The number of ether oxygens (including phenoxy) is 2. The highest BCUT2D eigenvalue weighted by atomic mass is 16.7. The molecule has 27 heavy (non-hydrogen) atoms. The first kappa shape index (κ1) is 15.7. The number of benzene rings is 2. The molecule has 7 nitrogen and oxygen atoms in total. The lowest BCUT2D eigenvalue weighted by molar-refractivity contribution is -0.127. The number of carbonyl (C=O) groups is 2. The SMILES string of the molecule is O=C1N[C@H](Cc2c[nH]c3ccccc23)C(=O)N1Cc1ccc2c(c1)OCO2. The molecule has 7 heteroatoms. The van der Waals surface area contributed by atoms with Crippen LogP contribution in [0.25, 0.3) is 10.9 Å². The molecule has 1 atom stereocenters. The van der Waals surface area contributed by atoms with Crippen molar-refractivity contribution in [3.05, 3.63) is 59.8 Å².